The molecule has 2 aliphatic rings. The van der Waals surface area contributed by atoms with Crippen LogP contribution in [0.2, 0.25) is 0 Å². The Balaban J connectivity index is 2.06. The molecule has 1 nitrogen and oxygen atoms in total. The summed E-state index contributed by atoms with van der Waals surface area (Å²) in [6.45, 7) is 4.63. The lowest BCUT2D eigenvalue weighted by Gasteiger charge is -2.10. The SMILES string of the molecule is CC1(C)[C@H]2CC(O)C[C@@H]21. The number of fused-ring (bicyclic) bond motifs is 1. The summed E-state index contributed by atoms with van der Waals surface area (Å²) in [5, 5.41) is 9.16. The molecule has 0 saturated heterocycles. The number of aliphatic hydroxyl groups excluding tert-OH is 1. The van der Waals surface area contributed by atoms with Gasteiger partial charge >= 0.3 is 0 Å². The van der Waals surface area contributed by atoms with Gasteiger partial charge in [-0.1, -0.05) is 13.8 Å². The average Bonchev–Trinajstić information content (AvgIpc) is 2.27. The highest BCUT2D eigenvalue weighted by Gasteiger charge is 2.61. The van der Waals surface area contributed by atoms with Crippen molar-refractivity contribution >= 4 is 0 Å². The smallest absolute Gasteiger partial charge is 0.0546 e. The van der Waals surface area contributed by atoms with E-state index < -0.39 is 0 Å². The van der Waals surface area contributed by atoms with Crippen LogP contribution in [0.15, 0.2) is 0 Å². The Bertz CT molecular complexity index is 126. The van der Waals surface area contributed by atoms with Crippen LogP contribution in [0.1, 0.15) is 26.7 Å². The van der Waals surface area contributed by atoms with Gasteiger partial charge < -0.3 is 5.11 Å². The molecule has 0 aromatic rings. The molecule has 2 saturated carbocycles. The molecule has 0 heterocycles. The standard InChI is InChI=1S/C8H14O/c1-8(2)6-3-5(9)4-7(6)8/h5-7,9H,3-4H2,1-2H3/t6-,7-/m0/s1. The molecule has 1 heteroatoms. The van der Waals surface area contributed by atoms with Crippen molar-refractivity contribution in [1.29, 1.82) is 0 Å². The van der Waals surface area contributed by atoms with Crippen LogP contribution in [-0.2, 0) is 0 Å². The average molecular weight is 126 g/mol. The van der Waals surface area contributed by atoms with Crippen LogP contribution in [0, 0.1) is 17.3 Å². The summed E-state index contributed by atoms with van der Waals surface area (Å²) >= 11 is 0. The van der Waals surface area contributed by atoms with Gasteiger partial charge in [0.1, 0.15) is 0 Å². The number of aliphatic hydroxyl groups is 1. The molecule has 9 heavy (non-hydrogen) atoms. The van der Waals surface area contributed by atoms with Crippen molar-refractivity contribution in [2.24, 2.45) is 17.3 Å². The molecule has 0 bridgehead atoms. The van der Waals surface area contributed by atoms with E-state index in [1.165, 1.54) is 0 Å². The minimum atomic E-state index is 0.0352. The van der Waals surface area contributed by atoms with Crippen molar-refractivity contribution in [3.05, 3.63) is 0 Å². The molecule has 0 amide bonds. The van der Waals surface area contributed by atoms with E-state index in [9.17, 15) is 0 Å². The summed E-state index contributed by atoms with van der Waals surface area (Å²) in [7, 11) is 0. The highest BCUT2D eigenvalue weighted by molar-refractivity contribution is 5.10. The van der Waals surface area contributed by atoms with Crippen molar-refractivity contribution in [2.45, 2.75) is 32.8 Å². The highest BCUT2D eigenvalue weighted by atomic mass is 16.3. The van der Waals surface area contributed by atoms with Gasteiger partial charge in [0, 0.05) is 0 Å². The second-order valence-electron chi connectivity index (χ2n) is 4.16. The highest BCUT2D eigenvalue weighted by Crippen LogP contribution is 2.66. The molecule has 0 aliphatic heterocycles. The number of rotatable bonds is 0. The van der Waals surface area contributed by atoms with E-state index in [-0.39, 0.29) is 6.10 Å². The van der Waals surface area contributed by atoms with Gasteiger partial charge in [0.15, 0.2) is 0 Å². The van der Waals surface area contributed by atoms with Crippen molar-refractivity contribution in [3.8, 4) is 0 Å². The molecule has 2 atom stereocenters. The summed E-state index contributed by atoms with van der Waals surface area (Å²) in [6, 6.07) is 0. The lowest BCUT2D eigenvalue weighted by atomic mass is 9.99. The summed E-state index contributed by atoms with van der Waals surface area (Å²) < 4.78 is 0. The molecule has 0 spiro atoms. The van der Waals surface area contributed by atoms with Gasteiger partial charge in [-0.05, 0) is 30.1 Å². The third-order valence-corrected chi connectivity index (χ3v) is 3.34. The number of hydrogen-bond donors (Lipinski definition) is 1. The zero-order valence-corrected chi connectivity index (χ0v) is 6.09. The zero-order chi connectivity index (χ0) is 6.65. The van der Waals surface area contributed by atoms with E-state index in [1.807, 2.05) is 0 Å². The first-order valence-corrected chi connectivity index (χ1v) is 3.80. The zero-order valence-electron chi connectivity index (χ0n) is 6.09. The molecular weight excluding hydrogens is 112 g/mol. The Morgan fingerprint density at radius 1 is 1.22 bits per heavy atom. The third kappa shape index (κ3) is 0.586. The van der Waals surface area contributed by atoms with Gasteiger partial charge in [0.25, 0.3) is 0 Å². The van der Waals surface area contributed by atoms with Crippen LogP contribution < -0.4 is 0 Å². The first-order valence-electron chi connectivity index (χ1n) is 3.80. The molecule has 2 rings (SSSR count). The van der Waals surface area contributed by atoms with Crippen LogP contribution in [0.4, 0.5) is 0 Å². The van der Waals surface area contributed by atoms with Gasteiger partial charge in [-0.15, -0.1) is 0 Å². The predicted octanol–water partition coefficient (Wildman–Crippen LogP) is 1.41. The molecule has 0 radical (unpaired) electrons. The Hall–Kier alpha value is -0.0400. The lowest BCUT2D eigenvalue weighted by Crippen LogP contribution is -2.08. The topological polar surface area (TPSA) is 20.2 Å². The van der Waals surface area contributed by atoms with E-state index in [1.54, 1.807) is 0 Å². The fraction of sp³-hybridized carbons (Fsp3) is 1.00. The summed E-state index contributed by atoms with van der Waals surface area (Å²) in [4.78, 5) is 0. The maximum absolute atomic E-state index is 9.16. The number of hydrogen-bond acceptors (Lipinski definition) is 1. The van der Waals surface area contributed by atoms with Crippen LogP contribution in [0.25, 0.3) is 0 Å². The first-order chi connectivity index (χ1) is 4.12. The second kappa shape index (κ2) is 1.34. The van der Waals surface area contributed by atoms with Gasteiger partial charge in [0.05, 0.1) is 6.10 Å². The van der Waals surface area contributed by atoms with Crippen LogP contribution in [0.3, 0.4) is 0 Å². The van der Waals surface area contributed by atoms with Crippen molar-refractivity contribution in [3.63, 3.8) is 0 Å². The Kier molecular flexibility index (Phi) is 0.852. The summed E-state index contributed by atoms with van der Waals surface area (Å²) in [5.74, 6) is 1.71. The molecule has 0 unspecified atom stereocenters. The van der Waals surface area contributed by atoms with Gasteiger partial charge in [-0.25, -0.2) is 0 Å². The van der Waals surface area contributed by atoms with E-state index in [0.29, 0.717) is 5.41 Å². The minimum absolute atomic E-state index is 0.0352. The van der Waals surface area contributed by atoms with Gasteiger partial charge in [-0.2, -0.15) is 0 Å². The van der Waals surface area contributed by atoms with Crippen molar-refractivity contribution in [1.82, 2.24) is 0 Å². The van der Waals surface area contributed by atoms with Gasteiger partial charge in [-0.3, -0.25) is 0 Å². The monoisotopic (exact) mass is 126 g/mol. The van der Waals surface area contributed by atoms with Crippen molar-refractivity contribution < 1.29 is 5.11 Å². The van der Waals surface area contributed by atoms with Crippen LogP contribution in [-0.4, -0.2) is 11.2 Å². The van der Waals surface area contributed by atoms with E-state index in [2.05, 4.69) is 13.8 Å². The van der Waals surface area contributed by atoms with Crippen LogP contribution >= 0.6 is 0 Å². The Morgan fingerprint density at radius 2 is 1.67 bits per heavy atom. The minimum Gasteiger partial charge on any atom is -0.393 e. The maximum Gasteiger partial charge on any atom is 0.0546 e. The Labute approximate surface area is 56.1 Å². The third-order valence-electron chi connectivity index (χ3n) is 3.34. The van der Waals surface area contributed by atoms with Crippen molar-refractivity contribution in [2.75, 3.05) is 0 Å². The molecule has 0 aromatic heterocycles. The molecule has 52 valence electrons. The molecule has 1 N–H and O–H groups in total. The normalized spacial score (nSPS) is 47.0. The summed E-state index contributed by atoms with van der Waals surface area (Å²) in [5.41, 5.74) is 0.583. The molecule has 2 fully saturated rings. The van der Waals surface area contributed by atoms with E-state index in [4.69, 9.17) is 5.11 Å². The van der Waals surface area contributed by atoms with Crippen LogP contribution in [0.5, 0.6) is 0 Å². The maximum atomic E-state index is 9.16. The van der Waals surface area contributed by atoms with E-state index >= 15 is 0 Å². The second-order valence-corrected chi connectivity index (χ2v) is 4.16. The van der Waals surface area contributed by atoms with E-state index in [0.717, 1.165) is 24.7 Å². The summed E-state index contributed by atoms with van der Waals surface area (Å²) in [6.07, 6.45) is 2.17. The van der Waals surface area contributed by atoms with Gasteiger partial charge in [0.2, 0.25) is 0 Å². The largest absolute Gasteiger partial charge is 0.393 e. The predicted molar refractivity (Wildman–Crippen MR) is 36.0 cm³/mol. The quantitative estimate of drug-likeness (QED) is 0.520. The molecule has 2 aliphatic carbocycles. The fourth-order valence-corrected chi connectivity index (χ4v) is 2.48. The first kappa shape index (κ1) is 5.72. The fourth-order valence-electron chi connectivity index (χ4n) is 2.48. The lowest BCUT2D eigenvalue weighted by molar-refractivity contribution is 0.151. The molecular formula is C8H14O. The molecule has 0 aromatic carbocycles. The Morgan fingerprint density at radius 3 is 2.00 bits per heavy atom.